The second-order valence-electron chi connectivity index (χ2n) is 4.47. The van der Waals surface area contributed by atoms with Gasteiger partial charge in [-0.25, -0.2) is 4.79 Å². The van der Waals surface area contributed by atoms with E-state index >= 15 is 0 Å². The average Bonchev–Trinajstić information content (AvgIpc) is 2.85. The van der Waals surface area contributed by atoms with Crippen LogP contribution in [-0.4, -0.2) is 29.6 Å². The fraction of sp³-hybridized carbons (Fsp3) is 0.385. The highest BCUT2D eigenvalue weighted by molar-refractivity contribution is 5.97. The largest absolute Gasteiger partial charge is 0.478 e. The van der Waals surface area contributed by atoms with Gasteiger partial charge >= 0.3 is 5.97 Å². The molecule has 3 N–H and O–H groups in total. The van der Waals surface area contributed by atoms with Gasteiger partial charge in [-0.3, -0.25) is 4.79 Å². The SMILES string of the molecule is Cc1ccc(NC(=O)[C@@H]2CCCN2)cc1C(=O)O. The third-order valence-corrected chi connectivity index (χ3v) is 3.11. The van der Waals surface area contributed by atoms with Crippen LogP contribution in [-0.2, 0) is 4.79 Å². The first kappa shape index (κ1) is 12.6. The maximum absolute atomic E-state index is 11.9. The minimum absolute atomic E-state index is 0.104. The number of hydrogen-bond acceptors (Lipinski definition) is 3. The minimum Gasteiger partial charge on any atom is -0.478 e. The quantitative estimate of drug-likeness (QED) is 0.755. The second-order valence-corrected chi connectivity index (χ2v) is 4.47. The Bertz CT molecular complexity index is 479. The van der Waals surface area contributed by atoms with E-state index in [1.807, 2.05) is 0 Å². The van der Waals surface area contributed by atoms with Crippen LogP contribution in [0.15, 0.2) is 18.2 Å². The average molecular weight is 248 g/mol. The molecule has 18 heavy (non-hydrogen) atoms. The van der Waals surface area contributed by atoms with E-state index < -0.39 is 5.97 Å². The topological polar surface area (TPSA) is 78.4 Å². The maximum atomic E-state index is 11.9. The number of benzene rings is 1. The van der Waals surface area contributed by atoms with Crippen molar-refractivity contribution >= 4 is 17.6 Å². The summed E-state index contributed by atoms with van der Waals surface area (Å²) in [5.41, 5.74) is 1.42. The van der Waals surface area contributed by atoms with E-state index in [9.17, 15) is 9.59 Å². The molecule has 0 radical (unpaired) electrons. The third-order valence-electron chi connectivity index (χ3n) is 3.11. The van der Waals surface area contributed by atoms with Crippen LogP contribution in [0.25, 0.3) is 0 Å². The zero-order valence-electron chi connectivity index (χ0n) is 10.2. The molecule has 0 aromatic heterocycles. The molecule has 0 saturated carbocycles. The third kappa shape index (κ3) is 2.68. The van der Waals surface area contributed by atoms with Gasteiger partial charge in [-0.1, -0.05) is 6.07 Å². The number of carbonyl (C=O) groups excluding carboxylic acids is 1. The number of rotatable bonds is 3. The van der Waals surface area contributed by atoms with Crippen LogP contribution in [0.2, 0.25) is 0 Å². The lowest BCUT2D eigenvalue weighted by Gasteiger charge is -2.12. The minimum atomic E-state index is -0.984. The van der Waals surface area contributed by atoms with Crippen molar-refractivity contribution in [1.29, 1.82) is 0 Å². The van der Waals surface area contributed by atoms with Crippen molar-refractivity contribution in [2.75, 3.05) is 11.9 Å². The molecule has 1 aromatic carbocycles. The molecule has 0 spiro atoms. The number of nitrogens with one attached hydrogen (secondary N) is 2. The van der Waals surface area contributed by atoms with Crippen molar-refractivity contribution in [1.82, 2.24) is 5.32 Å². The smallest absolute Gasteiger partial charge is 0.336 e. The molecule has 1 aromatic rings. The van der Waals surface area contributed by atoms with Crippen molar-refractivity contribution in [3.05, 3.63) is 29.3 Å². The fourth-order valence-electron chi connectivity index (χ4n) is 2.07. The molecule has 0 unspecified atom stereocenters. The van der Waals surface area contributed by atoms with Crippen molar-refractivity contribution in [2.45, 2.75) is 25.8 Å². The summed E-state index contributed by atoms with van der Waals surface area (Å²) in [5, 5.41) is 14.8. The number of aromatic carboxylic acids is 1. The summed E-state index contributed by atoms with van der Waals surface area (Å²) in [4.78, 5) is 22.9. The molecule has 0 aliphatic carbocycles. The van der Waals surface area contributed by atoms with Crippen molar-refractivity contribution < 1.29 is 14.7 Å². The molecular weight excluding hydrogens is 232 g/mol. The van der Waals surface area contributed by atoms with Gasteiger partial charge in [0, 0.05) is 5.69 Å². The highest BCUT2D eigenvalue weighted by Gasteiger charge is 2.22. The lowest BCUT2D eigenvalue weighted by Crippen LogP contribution is -2.35. The van der Waals surface area contributed by atoms with E-state index in [2.05, 4.69) is 10.6 Å². The summed E-state index contributed by atoms with van der Waals surface area (Å²) in [6.07, 6.45) is 1.82. The molecule has 1 aliphatic heterocycles. The van der Waals surface area contributed by atoms with E-state index in [1.54, 1.807) is 19.1 Å². The molecule has 1 heterocycles. The summed E-state index contributed by atoms with van der Waals surface area (Å²) in [5.74, 6) is -1.09. The molecule has 1 atom stereocenters. The number of hydrogen-bond donors (Lipinski definition) is 3. The zero-order valence-corrected chi connectivity index (χ0v) is 10.2. The highest BCUT2D eigenvalue weighted by Crippen LogP contribution is 2.16. The molecule has 5 heteroatoms. The van der Waals surface area contributed by atoms with Crippen molar-refractivity contribution in [2.24, 2.45) is 0 Å². The Hall–Kier alpha value is -1.88. The van der Waals surface area contributed by atoms with Gasteiger partial charge < -0.3 is 15.7 Å². The molecule has 5 nitrogen and oxygen atoms in total. The van der Waals surface area contributed by atoms with Crippen molar-refractivity contribution in [3.8, 4) is 0 Å². The molecule has 96 valence electrons. The summed E-state index contributed by atoms with van der Waals surface area (Å²) < 4.78 is 0. The van der Waals surface area contributed by atoms with Crippen LogP contribution in [0.1, 0.15) is 28.8 Å². The first-order chi connectivity index (χ1) is 8.58. The van der Waals surface area contributed by atoms with E-state index in [0.29, 0.717) is 11.3 Å². The van der Waals surface area contributed by atoms with Gasteiger partial charge in [0.05, 0.1) is 11.6 Å². The predicted octanol–water partition coefficient (Wildman–Crippen LogP) is 1.38. The van der Waals surface area contributed by atoms with Crippen LogP contribution >= 0.6 is 0 Å². The normalized spacial score (nSPS) is 18.6. The fourth-order valence-corrected chi connectivity index (χ4v) is 2.07. The lowest BCUT2D eigenvalue weighted by atomic mass is 10.1. The highest BCUT2D eigenvalue weighted by atomic mass is 16.4. The van der Waals surface area contributed by atoms with E-state index in [0.717, 1.165) is 19.4 Å². The van der Waals surface area contributed by atoms with Gasteiger partial charge in [-0.05, 0) is 44.0 Å². The maximum Gasteiger partial charge on any atom is 0.336 e. The summed E-state index contributed by atoms with van der Waals surface area (Å²) in [7, 11) is 0. The van der Waals surface area contributed by atoms with Crippen LogP contribution in [0.5, 0.6) is 0 Å². The molecule has 2 rings (SSSR count). The van der Waals surface area contributed by atoms with Crippen LogP contribution in [0, 0.1) is 6.92 Å². The van der Waals surface area contributed by atoms with E-state index in [-0.39, 0.29) is 17.5 Å². The first-order valence-corrected chi connectivity index (χ1v) is 5.96. The zero-order chi connectivity index (χ0) is 13.1. The summed E-state index contributed by atoms with van der Waals surface area (Å²) >= 11 is 0. The monoisotopic (exact) mass is 248 g/mol. The van der Waals surface area contributed by atoms with Crippen LogP contribution in [0.3, 0.4) is 0 Å². The van der Waals surface area contributed by atoms with Gasteiger partial charge in [-0.15, -0.1) is 0 Å². The Kier molecular flexibility index (Phi) is 3.62. The molecule has 0 bridgehead atoms. The van der Waals surface area contributed by atoms with E-state index in [4.69, 9.17) is 5.11 Å². The molecule has 1 fully saturated rings. The van der Waals surface area contributed by atoms with Crippen molar-refractivity contribution in [3.63, 3.8) is 0 Å². The van der Waals surface area contributed by atoms with Gasteiger partial charge in [0.25, 0.3) is 0 Å². The Morgan fingerprint density at radius 1 is 1.44 bits per heavy atom. The predicted molar refractivity (Wildman–Crippen MR) is 67.8 cm³/mol. The van der Waals surface area contributed by atoms with Crippen LogP contribution in [0.4, 0.5) is 5.69 Å². The summed E-state index contributed by atoms with van der Waals surface area (Å²) in [6, 6.07) is 4.74. The Morgan fingerprint density at radius 3 is 2.83 bits per heavy atom. The van der Waals surface area contributed by atoms with Gasteiger partial charge in [-0.2, -0.15) is 0 Å². The number of aryl methyl sites for hydroxylation is 1. The van der Waals surface area contributed by atoms with E-state index in [1.165, 1.54) is 6.07 Å². The molecule has 1 aliphatic rings. The van der Waals surface area contributed by atoms with Crippen LogP contribution < -0.4 is 10.6 Å². The Balaban J connectivity index is 2.11. The second kappa shape index (κ2) is 5.18. The van der Waals surface area contributed by atoms with Gasteiger partial charge in [0.15, 0.2) is 0 Å². The first-order valence-electron chi connectivity index (χ1n) is 5.96. The number of anilines is 1. The lowest BCUT2D eigenvalue weighted by molar-refractivity contribution is -0.117. The molecule has 1 saturated heterocycles. The summed E-state index contributed by atoms with van der Waals surface area (Å²) in [6.45, 7) is 2.58. The molecule has 1 amide bonds. The van der Waals surface area contributed by atoms with Gasteiger partial charge in [0.1, 0.15) is 0 Å². The number of carboxylic acids is 1. The molecular formula is C13H16N2O3. The number of amides is 1. The van der Waals surface area contributed by atoms with Gasteiger partial charge in [0.2, 0.25) is 5.91 Å². The Morgan fingerprint density at radius 2 is 2.22 bits per heavy atom. The number of carboxylic acid groups (broad SMARTS) is 1. The Labute approximate surface area is 105 Å². The standard InChI is InChI=1S/C13H16N2O3/c1-8-4-5-9(7-10(8)13(17)18)15-12(16)11-3-2-6-14-11/h4-5,7,11,14H,2-3,6H2,1H3,(H,15,16)(H,17,18)/t11-/m0/s1. The number of carbonyl (C=O) groups is 2.